The van der Waals surface area contributed by atoms with Crippen LogP contribution in [0.25, 0.3) is 11.5 Å². The number of aryl methyl sites for hydroxylation is 1. The van der Waals surface area contributed by atoms with Crippen LogP contribution in [-0.2, 0) is 7.05 Å². The van der Waals surface area contributed by atoms with Gasteiger partial charge in [0.2, 0.25) is 4.77 Å². The molecule has 0 radical (unpaired) electrons. The Morgan fingerprint density at radius 3 is 2.62 bits per heavy atom. The lowest BCUT2D eigenvalue weighted by Gasteiger charge is -2.19. The maximum atomic E-state index is 5.41. The van der Waals surface area contributed by atoms with Gasteiger partial charge in [-0.3, -0.25) is 4.98 Å². The van der Waals surface area contributed by atoms with E-state index in [1.165, 1.54) is 18.5 Å². The van der Waals surface area contributed by atoms with Crippen LogP contribution in [0.5, 0.6) is 0 Å². The molecule has 112 valence electrons. The molecule has 1 saturated heterocycles. The number of anilines is 1. The fraction of sp³-hybridized carbons (Fsp3) is 0.500. The number of hydrogen-bond donors (Lipinski definition) is 0. The molecular weight excluding hydrogens is 284 g/mol. The fourth-order valence-electron chi connectivity index (χ4n) is 2.69. The summed E-state index contributed by atoms with van der Waals surface area (Å²) >= 11 is 5.41. The number of aromatic nitrogens is 4. The highest BCUT2D eigenvalue weighted by Gasteiger charge is 2.17. The highest BCUT2D eigenvalue weighted by Crippen LogP contribution is 2.24. The fourth-order valence-corrected chi connectivity index (χ4v) is 2.98. The van der Waals surface area contributed by atoms with Gasteiger partial charge in [-0.15, -0.1) is 5.10 Å². The van der Waals surface area contributed by atoms with Crippen molar-refractivity contribution in [3.63, 3.8) is 0 Å². The molecule has 0 saturated carbocycles. The van der Waals surface area contributed by atoms with Crippen LogP contribution in [0, 0.1) is 4.77 Å². The average Bonchev–Trinajstić information content (AvgIpc) is 3.08. The first-order valence-corrected chi connectivity index (χ1v) is 7.54. The number of pyridine rings is 1. The Kier molecular flexibility index (Phi) is 3.67. The molecule has 2 aromatic heterocycles. The summed E-state index contributed by atoms with van der Waals surface area (Å²) in [4.78, 5) is 6.87. The molecule has 0 bridgehead atoms. The quantitative estimate of drug-likeness (QED) is 0.809. The van der Waals surface area contributed by atoms with Gasteiger partial charge in [0, 0.05) is 46.1 Å². The minimum Gasteiger partial charge on any atom is -0.371 e. The molecule has 21 heavy (non-hydrogen) atoms. The SMILES string of the molecule is CN(C)n1c(-c2cc(N3CCCC3)ccn2)nn(C)c1=S. The Morgan fingerprint density at radius 2 is 1.95 bits per heavy atom. The molecule has 1 aliphatic rings. The van der Waals surface area contributed by atoms with Gasteiger partial charge in [-0.1, -0.05) is 0 Å². The number of nitrogens with zero attached hydrogens (tertiary/aromatic N) is 6. The number of rotatable bonds is 3. The van der Waals surface area contributed by atoms with Gasteiger partial charge in [0.1, 0.15) is 5.69 Å². The van der Waals surface area contributed by atoms with Gasteiger partial charge in [0.05, 0.1) is 0 Å². The van der Waals surface area contributed by atoms with Crippen LogP contribution in [-0.4, -0.2) is 46.6 Å². The van der Waals surface area contributed by atoms with Gasteiger partial charge in [-0.2, -0.15) is 0 Å². The van der Waals surface area contributed by atoms with E-state index in [0.717, 1.165) is 24.6 Å². The van der Waals surface area contributed by atoms with Crippen LogP contribution < -0.4 is 9.91 Å². The van der Waals surface area contributed by atoms with Crippen LogP contribution >= 0.6 is 12.2 Å². The third-order valence-corrected chi connectivity index (χ3v) is 4.18. The molecule has 0 N–H and O–H groups in total. The molecule has 3 heterocycles. The monoisotopic (exact) mass is 304 g/mol. The van der Waals surface area contributed by atoms with Crippen molar-refractivity contribution in [3.8, 4) is 11.5 Å². The molecule has 1 aliphatic heterocycles. The first-order valence-electron chi connectivity index (χ1n) is 7.13. The minimum absolute atomic E-state index is 0.656. The van der Waals surface area contributed by atoms with E-state index in [0.29, 0.717) is 4.77 Å². The normalized spacial score (nSPS) is 14.7. The summed E-state index contributed by atoms with van der Waals surface area (Å²) in [6, 6.07) is 4.16. The second kappa shape index (κ2) is 5.48. The largest absolute Gasteiger partial charge is 0.371 e. The molecule has 0 spiro atoms. The van der Waals surface area contributed by atoms with Crippen LogP contribution in [0.2, 0.25) is 0 Å². The van der Waals surface area contributed by atoms with Crippen LogP contribution in [0.4, 0.5) is 5.69 Å². The van der Waals surface area contributed by atoms with Gasteiger partial charge in [-0.25, -0.2) is 9.36 Å². The first-order chi connectivity index (χ1) is 10.1. The smallest absolute Gasteiger partial charge is 0.217 e. The molecule has 0 aromatic carbocycles. The van der Waals surface area contributed by atoms with E-state index in [2.05, 4.69) is 27.1 Å². The predicted molar refractivity (Wildman–Crippen MR) is 86.8 cm³/mol. The Balaban J connectivity index is 2.06. The third-order valence-electron chi connectivity index (χ3n) is 3.75. The molecule has 7 heteroatoms. The van der Waals surface area contributed by atoms with E-state index in [-0.39, 0.29) is 0 Å². The zero-order chi connectivity index (χ0) is 15.0. The summed E-state index contributed by atoms with van der Waals surface area (Å²) in [6.07, 6.45) is 4.37. The molecule has 0 aliphatic carbocycles. The zero-order valence-corrected chi connectivity index (χ0v) is 13.5. The summed E-state index contributed by atoms with van der Waals surface area (Å²) in [7, 11) is 5.76. The maximum absolute atomic E-state index is 5.41. The Morgan fingerprint density at radius 1 is 1.24 bits per heavy atom. The van der Waals surface area contributed by atoms with E-state index in [4.69, 9.17) is 12.2 Å². The second-order valence-electron chi connectivity index (χ2n) is 5.48. The Labute approximate surface area is 129 Å². The van der Waals surface area contributed by atoms with Crippen molar-refractivity contribution < 1.29 is 0 Å². The molecule has 6 nitrogen and oxygen atoms in total. The highest BCUT2D eigenvalue weighted by molar-refractivity contribution is 7.71. The lowest BCUT2D eigenvalue weighted by atomic mass is 10.3. The van der Waals surface area contributed by atoms with Crippen molar-refractivity contribution in [1.82, 2.24) is 19.4 Å². The standard InChI is InChI=1S/C14H20N6S/c1-17(2)20-13(16-18(3)14(20)21)12-10-11(6-7-15-12)19-8-4-5-9-19/h6-7,10H,4-5,8-9H2,1-3H3. The number of hydrogen-bond acceptors (Lipinski definition) is 5. The lowest BCUT2D eigenvalue weighted by Crippen LogP contribution is -2.26. The predicted octanol–water partition coefficient (Wildman–Crippen LogP) is 1.81. The van der Waals surface area contributed by atoms with E-state index in [9.17, 15) is 0 Å². The van der Waals surface area contributed by atoms with E-state index in [1.807, 2.05) is 37.0 Å². The lowest BCUT2D eigenvalue weighted by molar-refractivity contribution is 0.691. The Bertz CT molecular complexity index is 696. The van der Waals surface area contributed by atoms with E-state index < -0.39 is 0 Å². The second-order valence-corrected chi connectivity index (χ2v) is 5.85. The third kappa shape index (κ3) is 2.53. The molecule has 1 fully saturated rings. The van der Waals surface area contributed by atoms with Crippen molar-refractivity contribution >= 4 is 17.9 Å². The molecule has 0 unspecified atom stereocenters. The molecule has 0 atom stereocenters. The molecule has 0 amide bonds. The summed E-state index contributed by atoms with van der Waals surface area (Å²) < 4.78 is 4.25. The van der Waals surface area contributed by atoms with Crippen molar-refractivity contribution in [2.45, 2.75) is 12.8 Å². The van der Waals surface area contributed by atoms with Crippen molar-refractivity contribution in [3.05, 3.63) is 23.1 Å². The average molecular weight is 304 g/mol. The first kappa shape index (κ1) is 14.1. The maximum Gasteiger partial charge on any atom is 0.217 e. The topological polar surface area (TPSA) is 42.1 Å². The zero-order valence-electron chi connectivity index (χ0n) is 12.7. The summed E-state index contributed by atoms with van der Waals surface area (Å²) in [5.41, 5.74) is 2.05. The van der Waals surface area contributed by atoms with Crippen molar-refractivity contribution in [1.29, 1.82) is 0 Å². The molecular formula is C14H20N6S. The van der Waals surface area contributed by atoms with E-state index in [1.54, 1.807) is 4.68 Å². The van der Waals surface area contributed by atoms with Crippen LogP contribution in [0.1, 0.15) is 12.8 Å². The van der Waals surface area contributed by atoms with Crippen molar-refractivity contribution in [2.75, 3.05) is 37.1 Å². The van der Waals surface area contributed by atoms with Gasteiger partial charge in [-0.05, 0) is 37.2 Å². The van der Waals surface area contributed by atoms with Crippen LogP contribution in [0.15, 0.2) is 18.3 Å². The van der Waals surface area contributed by atoms with Gasteiger partial charge >= 0.3 is 0 Å². The Hall–Kier alpha value is -1.89. The minimum atomic E-state index is 0.656. The van der Waals surface area contributed by atoms with Gasteiger partial charge in [0.15, 0.2) is 5.82 Å². The van der Waals surface area contributed by atoms with Crippen LogP contribution in [0.3, 0.4) is 0 Å². The van der Waals surface area contributed by atoms with Gasteiger partial charge in [0.25, 0.3) is 0 Å². The van der Waals surface area contributed by atoms with Gasteiger partial charge < -0.3 is 9.91 Å². The van der Waals surface area contributed by atoms with Crippen molar-refractivity contribution in [2.24, 2.45) is 7.05 Å². The van der Waals surface area contributed by atoms with E-state index >= 15 is 0 Å². The molecule has 2 aromatic rings. The summed E-state index contributed by atoms with van der Waals surface area (Å²) in [6.45, 7) is 2.23. The summed E-state index contributed by atoms with van der Waals surface area (Å²) in [5, 5.41) is 6.45. The molecule has 3 rings (SSSR count). The highest BCUT2D eigenvalue weighted by atomic mass is 32.1. The summed E-state index contributed by atoms with van der Waals surface area (Å²) in [5.74, 6) is 0.772.